The van der Waals surface area contributed by atoms with Crippen LogP contribution in [0.2, 0.25) is 0 Å². The highest BCUT2D eigenvalue weighted by Crippen LogP contribution is 2.19. The Morgan fingerprint density at radius 2 is 2.12 bits per heavy atom. The number of nitrogens with zero attached hydrogens (tertiary/aromatic N) is 1. The molecule has 0 spiro atoms. The van der Waals surface area contributed by atoms with E-state index >= 15 is 0 Å². The molecule has 1 heterocycles. The third-order valence-electron chi connectivity index (χ3n) is 2.74. The molecule has 17 heavy (non-hydrogen) atoms. The van der Waals surface area contributed by atoms with Crippen molar-refractivity contribution in [3.8, 4) is 0 Å². The monoisotopic (exact) mass is 230 g/mol. The van der Waals surface area contributed by atoms with Crippen LogP contribution in [0.1, 0.15) is 34.6 Å². The van der Waals surface area contributed by atoms with Gasteiger partial charge in [-0.3, -0.25) is 5.10 Å². The SMILES string of the molecule is CC(Cc1cc(C(=O)O)n[nH]1)c1ccccc1. The molecule has 2 N–H and O–H groups in total. The normalized spacial score (nSPS) is 12.3. The summed E-state index contributed by atoms with van der Waals surface area (Å²) >= 11 is 0. The number of aromatic nitrogens is 2. The van der Waals surface area contributed by atoms with Crippen LogP contribution in [-0.4, -0.2) is 21.3 Å². The van der Waals surface area contributed by atoms with Crippen molar-refractivity contribution in [3.63, 3.8) is 0 Å². The van der Waals surface area contributed by atoms with Gasteiger partial charge in [-0.1, -0.05) is 37.3 Å². The molecule has 0 saturated heterocycles. The molecule has 0 aliphatic carbocycles. The summed E-state index contributed by atoms with van der Waals surface area (Å²) in [5.74, 6) is -0.668. The number of benzene rings is 1. The van der Waals surface area contributed by atoms with Crippen LogP contribution in [0.5, 0.6) is 0 Å². The number of rotatable bonds is 4. The molecule has 4 nitrogen and oxygen atoms in total. The summed E-state index contributed by atoms with van der Waals surface area (Å²) in [6.07, 6.45) is 0.754. The molecule has 1 atom stereocenters. The third-order valence-corrected chi connectivity index (χ3v) is 2.74. The highest BCUT2D eigenvalue weighted by Gasteiger charge is 2.11. The molecule has 0 aliphatic rings. The average molecular weight is 230 g/mol. The Labute approximate surface area is 99.3 Å². The molecule has 0 radical (unpaired) electrons. The van der Waals surface area contributed by atoms with Crippen molar-refractivity contribution in [2.45, 2.75) is 19.3 Å². The van der Waals surface area contributed by atoms with E-state index in [1.54, 1.807) is 6.07 Å². The van der Waals surface area contributed by atoms with Crippen molar-refractivity contribution < 1.29 is 9.90 Å². The van der Waals surface area contributed by atoms with E-state index in [9.17, 15) is 4.79 Å². The molecule has 1 unspecified atom stereocenters. The van der Waals surface area contributed by atoms with Crippen LogP contribution in [0.25, 0.3) is 0 Å². The van der Waals surface area contributed by atoms with Gasteiger partial charge in [0.05, 0.1) is 0 Å². The molecule has 0 bridgehead atoms. The lowest BCUT2D eigenvalue weighted by Crippen LogP contribution is -1.98. The van der Waals surface area contributed by atoms with Gasteiger partial charge in [-0.25, -0.2) is 4.79 Å². The Morgan fingerprint density at radius 1 is 1.41 bits per heavy atom. The fraction of sp³-hybridized carbons (Fsp3) is 0.231. The zero-order valence-electron chi connectivity index (χ0n) is 9.55. The minimum Gasteiger partial charge on any atom is -0.476 e. The van der Waals surface area contributed by atoms with Gasteiger partial charge in [0, 0.05) is 5.69 Å². The highest BCUT2D eigenvalue weighted by atomic mass is 16.4. The van der Waals surface area contributed by atoms with Crippen molar-refractivity contribution in [1.29, 1.82) is 0 Å². The standard InChI is InChI=1S/C13H14N2O2/c1-9(10-5-3-2-4-6-10)7-11-8-12(13(16)17)15-14-11/h2-6,8-9H,7H2,1H3,(H,14,15)(H,16,17). The Kier molecular flexibility index (Phi) is 3.23. The van der Waals surface area contributed by atoms with E-state index < -0.39 is 5.97 Å². The molecular weight excluding hydrogens is 216 g/mol. The number of hydrogen-bond acceptors (Lipinski definition) is 2. The smallest absolute Gasteiger partial charge is 0.356 e. The summed E-state index contributed by atoms with van der Waals surface area (Å²) in [6, 6.07) is 11.7. The summed E-state index contributed by atoms with van der Waals surface area (Å²) in [4.78, 5) is 10.7. The Morgan fingerprint density at radius 3 is 2.71 bits per heavy atom. The predicted molar refractivity (Wildman–Crippen MR) is 64.1 cm³/mol. The number of hydrogen-bond donors (Lipinski definition) is 2. The molecule has 2 rings (SSSR count). The van der Waals surface area contributed by atoms with Crippen molar-refractivity contribution in [3.05, 3.63) is 53.3 Å². The molecular formula is C13H14N2O2. The molecule has 0 aliphatic heterocycles. The first kappa shape index (κ1) is 11.4. The van der Waals surface area contributed by atoms with E-state index in [0.29, 0.717) is 5.92 Å². The number of nitrogens with one attached hydrogen (secondary N) is 1. The highest BCUT2D eigenvalue weighted by molar-refractivity contribution is 5.85. The fourth-order valence-corrected chi connectivity index (χ4v) is 1.81. The molecule has 0 fully saturated rings. The zero-order chi connectivity index (χ0) is 12.3. The van der Waals surface area contributed by atoms with Gasteiger partial charge in [0.2, 0.25) is 0 Å². The molecule has 4 heteroatoms. The first-order chi connectivity index (χ1) is 8.16. The van der Waals surface area contributed by atoms with E-state index in [0.717, 1.165) is 12.1 Å². The van der Waals surface area contributed by atoms with E-state index in [1.807, 2.05) is 18.2 Å². The van der Waals surface area contributed by atoms with Crippen molar-refractivity contribution in [2.24, 2.45) is 0 Å². The molecule has 2 aromatic rings. The molecule has 88 valence electrons. The van der Waals surface area contributed by atoms with E-state index in [1.165, 1.54) is 5.56 Å². The van der Waals surface area contributed by atoms with Crippen LogP contribution >= 0.6 is 0 Å². The number of carboxylic acid groups (broad SMARTS) is 1. The van der Waals surface area contributed by atoms with Crippen molar-refractivity contribution in [1.82, 2.24) is 10.2 Å². The second-order valence-corrected chi connectivity index (χ2v) is 4.10. The van der Waals surface area contributed by atoms with E-state index in [-0.39, 0.29) is 5.69 Å². The van der Waals surface area contributed by atoms with Gasteiger partial charge in [0.25, 0.3) is 0 Å². The van der Waals surface area contributed by atoms with Gasteiger partial charge >= 0.3 is 5.97 Å². The fourth-order valence-electron chi connectivity index (χ4n) is 1.81. The summed E-state index contributed by atoms with van der Waals surface area (Å²) in [6.45, 7) is 2.11. The maximum Gasteiger partial charge on any atom is 0.356 e. The largest absolute Gasteiger partial charge is 0.476 e. The Hall–Kier alpha value is -2.10. The first-order valence-electron chi connectivity index (χ1n) is 5.49. The van der Waals surface area contributed by atoms with E-state index in [4.69, 9.17) is 5.11 Å². The predicted octanol–water partition coefficient (Wildman–Crippen LogP) is 2.45. The van der Waals surface area contributed by atoms with Crippen LogP contribution in [0.4, 0.5) is 0 Å². The van der Waals surface area contributed by atoms with Gasteiger partial charge in [-0.15, -0.1) is 0 Å². The van der Waals surface area contributed by atoms with Gasteiger partial charge in [-0.05, 0) is 24.0 Å². The maximum absolute atomic E-state index is 10.7. The maximum atomic E-state index is 10.7. The van der Waals surface area contributed by atoms with Gasteiger partial charge in [0.1, 0.15) is 0 Å². The summed E-state index contributed by atoms with van der Waals surface area (Å²) in [5, 5.41) is 15.3. The average Bonchev–Trinajstić information content (AvgIpc) is 2.79. The minimum absolute atomic E-state index is 0.0697. The number of H-pyrrole nitrogens is 1. The number of carboxylic acids is 1. The number of carbonyl (C=O) groups is 1. The van der Waals surface area contributed by atoms with Crippen molar-refractivity contribution >= 4 is 5.97 Å². The third kappa shape index (κ3) is 2.72. The second-order valence-electron chi connectivity index (χ2n) is 4.10. The van der Waals surface area contributed by atoms with Gasteiger partial charge in [0.15, 0.2) is 5.69 Å². The Bertz CT molecular complexity index is 505. The van der Waals surface area contributed by atoms with Crippen LogP contribution in [-0.2, 0) is 6.42 Å². The lowest BCUT2D eigenvalue weighted by Gasteiger charge is -2.09. The molecule has 0 saturated carbocycles. The van der Waals surface area contributed by atoms with Crippen LogP contribution < -0.4 is 0 Å². The summed E-state index contributed by atoms with van der Waals surface area (Å²) < 4.78 is 0. The lowest BCUT2D eigenvalue weighted by molar-refractivity contribution is 0.0690. The molecule has 1 aromatic heterocycles. The van der Waals surface area contributed by atoms with Crippen LogP contribution in [0, 0.1) is 0 Å². The lowest BCUT2D eigenvalue weighted by atomic mass is 9.96. The number of aromatic amines is 1. The van der Waals surface area contributed by atoms with Crippen LogP contribution in [0.15, 0.2) is 36.4 Å². The zero-order valence-corrected chi connectivity index (χ0v) is 9.55. The molecule has 1 aromatic carbocycles. The second kappa shape index (κ2) is 4.82. The quantitative estimate of drug-likeness (QED) is 0.847. The molecule has 0 amide bonds. The number of aromatic carboxylic acids is 1. The minimum atomic E-state index is -1.00. The van der Waals surface area contributed by atoms with E-state index in [2.05, 4.69) is 29.3 Å². The summed E-state index contributed by atoms with van der Waals surface area (Å²) in [7, 11) is 0. The van der Waals surface area contributed by atoms with Gasteiger partial charge in [-0.2, -0.15) is 5.10 Å². The van der Waals surface area contributed by atoms with Gasteiger partial charge < -0.3 is 5.11 Å². The van der Waals surface area contributed by atoms with Crippen LogP contribution in [0.3, 0.4) is 0 Å². The topological polar surface area (TPSA) is 66.0 Å². The van der Waals surface area contributed by atoms with Crippen molar-refractivity contribution in [2.75, 3.05) is 0 Å². The summed E-state index contributed by atoms with van der Waals surface area (Å²) in [5.41, 5.74) is 2.15. The Balaban J connectivity index is 2.08. The first-order valence-corrected chi connectivity index (χ1v) is 5.49.